The van der Waals surface area contributed by atoms with E-state index in [2.05, 4.69) is 20.5 Å². The highest BCUT2D eigenvalue weighted by molar-refractivity contribution is 6.05. The first kappa shape index (κ1) is 13.2. The summed E-state index contributed by atoms with van der Waals surface area (Å²) in [5, 5.41) is 11.6. The summed E-state index contributed by atoms with van der Waals surface area (Å²) >= 11 is 0. The fourth-order valence-corrected chi connectivity index (χ4v) is 2.20. The molecular formula is C15H15N5O. The Morgan fingerprint density at radius 1 is 1.29 bits per heavy atom. The Hall–Kier alpha value is -2.76. The molecule has 2 aromatic heterocycles. The number of hydrogen-bond donors (Lipinski definition) is 1. The van der Waals surface area contributed by atoms with Crippen LogP contribution in [-0.2, 0) is 13.5 Å². The lowest BCUT2D eigenvalue weighted by Gasteiger charge is -2.07. The quantitative estimate of drug-likeness (QED) is 0.783. The zero-order chi connectivity index (χ0) is 14.7. The molecule has 0 saturated heterocycles. The second-order valence-electron chi connectivity index (χ2n) is 4.74. The molecule has 0 fully saturated rings. The maximum Gasteiger partial charge on any atom is 0.253 e. The predicted molar refractivity (Wildman–Crippen MR) is 78.8 cm³/mol. The van der Waals surface area contributed by atoms with Gasteiger partial charge in [0, 0.05) is 31.6 Å². The van der Waals surface area contributed by atoms with Crippen molar-refractivity contribution in [3.05, 3.63) is 54.2 Å². The fourth-order valence-electron chi connectivity index (χ4n) is 2.20. The Labute approximate surface area is 121 Å². The van der Waals surface area contributed by atoms with Crippen molar-refractivity contribution >= 4 is 16.8 Å². The number of carbonyl (C=O) groups is 1. The Kier molecular flexibility index (Phi) is 3.59. The summed E-state index contributed by atoms with van der Waals surface area (Å²) in [6, 6.07) is 9.39. The number of aryl methyl sites for hydroxylation is 1. The van der Waals surface area contributed by atoms with Crippen LogP contribution in [0.4, 0.5) is 0 Å². The van der Waals surface area contributed by atoms with Crippen molar-refractivity contribution in [2.24, 2.45) is 7.05 Å². The molecule has 1 aromatic carbocycles. The van der Waals surface area contributed by atoms with Gasteiger partial charge in [-0.3, -0.25) is 9.78 Å². The SMILES string of the molecule is Cn1cnnc1CCNC(=O)c1cccc2cccnc12. The molecule has 1 amide bonds. The maximum atomic E-state index is 12.3. The molecule has 0 aliphatic carbocycles. The van der Waals surface area contributed by atoms with Crippen LogP contribution in [0.15, 0.2) is 42.9 Å². The fraction of sp³-hybridized carbons (Fsp3) is 0.200. The number of pyridine rings is 1. The van der Waals surface area contributed by atoms with Crippen molar-refractivity contribution < 1.29 is 4.79 Å². The van der Waals surface area contributed by atoms with Gasteiger partial charge in [0.2, 0.25) is 0 Å². The smallest absolute Gasteiger partial charge is 0.253 e. The van der Waals surface area contributed by atoms with Gasteiger partial charge in [-0.1, -0.05) is 18.2 Å². The number of para-hydroxylation sites is 1. The van der Waals surface area contributed by atoms with E-state index in [1.807, 2.05) is 35.9 Å². The van der Waals surface area contributed by atoms with E-state index >= 15 is 0 Å². The number of carbonyl (C=O) groups excluding carboxylic acids is 1. The van der Waals surface area contributed by atoms with Crippen molar-refractivity contribution in [2.45, 2.75) is 6.42 Å². The van der Waals surface area contributed by atoms with Crippen LogP contribution in [0.1, 0.15) is 16.2 Å². The molecule has 0 bridgehead atoms. The van der Waals surface area contributed by atoms with Crippen LogP contribution >= 0.6 is 0 Å². The lowest BCUT2D eigenvalue weighted by atomic mass is 10.1. The van der Waals surface area contributed by atoms with Crippen LogP contribution in [0.2, 0.25) is 0 Å². The molecule has 6 heteroatoms. The molecule has 3 rings (SSSR count). The van der Waals surface area contributed by atoms with Crippen LogP contribution in [0.25, 0.3) is 10.9 Å². The van der Waals surface area contributed by atoms with E-state index in [1.54, 1.807) is 18.6 Å². The number of amides is 1. The normalized spacial score (nSPS) is 10.7. The summed E-state index contributed by atoms with van der Waals surface area (Å²) in [7, 11) is 1.88. The van der Waals surface area contributed by atoms with Crippen molar-refractivity contribution in [3.8, 4) is 0 Å². The number of hydrogen-bond acceptors (Lipinski definition) is 4. The second-order valence-corrected chi connectivity index (χ2v) is 4.74. The van der Waals surface area contributed by atoms with Crippen LogP contribution in [0, 0.1) is 0 Å². The highest BCUT2D eigenvalue weighted by Gasteiger charge is 2.10. The van der Waals surface area contributed by atoms with E-state index in [9.17, 15) is 4.79 Å². The van der Waals surface area contributed by atoms with Gasteiger partial charge in [0.25, 0.3) is 5.91 Å². The topological polar surface area (TPSA) is 72.7 Å². The summed E-state index contributed by atoms with van der Waals surface area (Å²) in [4.78, 5) is 16.6. The standard InChI is InChI=1S/C15H15N5O/c1-20-10-18-19-13(20)7-9-17-15(21)12-6-2-4-11-5-3-8-16-14(11)12/h2-6,8,10H,7,9H2,1H3,(H,17,21). The molecule has 6 nitrogen and oxygen atoms in total. The third-order valence-electron chi connectivity index (χ3n) is 3.32. The number of nitrogens with one attached hydrogen (secondary N) is 1. The van der Waals surface area contributed by atoms with E-state index in [4.69, 9.17) is 0 Å². The number of benzene rings is 1. The zero-order valence-corrected chi connectivity index (χ0v) is 11.7. The van der Waals surface area contributed by atoms with Gasteiger partial charge in [0.15, 0.2) is 0 Å². The average molecular weight is 281 g/mol. The molecule has 2 heterocycles. The summed E-state index contributed by atoms with van der Waals surface area (Å²) in [6.45, 7) is 0.509. The maximum absolute atomic E-state index is 12.3. The Bertz CT molecular complexity index is 775. The van der Waals surface area contributed by atoms with E-state index in [-0.39, 0.29) is 5.91 Å². The molecule has 106 valence electrons. The van der Waals surface area contributed by atoms with Crippen LogP contribution < -0.4 is 5.32 Å². The Balaban J connectivity index is 1.71. The predicted octanol–water partition coefficient (Wildman–Crippen LogP) is 1.34. The van der Waals surface area contributed by atoms with E-state index in [1.165, 1.54) is 0 Å². The van der Waals surface area contributed by atoms with Gasteiger partial charge in [0.1, 0.15) is 12.2 Å². The van der Waals surface area contributed by atoms with Gasteiger partial charge in [-0.25, -0.2) is 0 Å². The third-order valence-corrected chi connectivity index (χ3v) is 3.32. The highest BCUT2D eigenvalue weighted by atomic mass is 16.1. The first-order chi connectivity index (χ1) is 10.3. The van der Waals surface area contributed by atoms with Gasteiger partial charge >= 0.3 is 0 Å². The second kappa shape index (κ2) is 5.70. The third kappa shape index (κ3) is 2.74. The molecule has 21 heavy (non-hydrogen) atoms. The van der Waals surface area contributed by atoms with Crippen molar-refractivity contribution in [1.29, 1.82) is 0 Å². The van der Waals surface area contributed by atoms with Gasteiger partial charge < -0.3 is 9.88 Å². The van der Waals surface area contributed by atoms with Crippen molar-refractivity contribution in [3.63, 3.8) is 0 Å². The monoisotopic (exact) mass is 281 g/mol. The number of nitrogens with zero attached hydrogens (tertiary/aromatic N) is 4. The summed E-state index contributed by atoms with van der Waals surface area (Å²) in [5.41, 5.74) is 1.31. The molecule has 0 atom stereocenters. The van der Waals surface area contributed by atoms with Crippen molar-refractivity contribution in [2.75, 3.05) is 6.54 Å². The van der Waals surface area contributed by atoms with Crippen LogP contribution in [0.3, 0.4) is 0 Å². The Morgan fingerprint density at radius 2 is 2.14 bits per heavy atom. The van der Waals surface area contributed by atoms with Gasteiger partial charge in [-0.05, 0) is 12.1 Å². The van der Waals surface area contributed by atoms with Crippen molar-refractivity contribution in [1.82, 2.24) is 25.1 Å². The molecule has 0 unspecified atom stereocenters. The number of aromatic nitrogens is 4. The molecule has 0 radical (unpaired) electrons. The summed E-state index contributed by atoms with van der Waals surface area (Å²) in [5.74, 6) is 0.716. The highest BCUT2D eigenvalue weighted by Crippen LogP contribution is 2.15. The molecular weight excluding hydrogens is 266 g/mol. The van der Waals surface area contributed by atoms with E-state index in [0.29, 0.717) is 18.5 Å². The molecule has 0 aliphatic rings. The van der Waals surface area contributed by atoms with Gasteiger partial charge in [-0.15, -0.1) is 10.2 Å². The molecule has 0 saturated carbocycles. The van der Waals surface area contributed by atoms with Gasteiger partial charge in [-0.2, -0.15) is 0 Å². The minimum Gasteiger partial charge on any atom is -0.352 e. The molecule has 1 N–H and O–H groups in total. The average Bonchev–Trinajstić information content (AvgIpc) is 2.92. The molecule has 0 aliphatic heterocycles. The Morgan fingerprint density at radius 3 is 2.95 bits per heavy atom. The first-order valence-electron chi connectivity index (χ1n) is 6.70. The van der Waals surface area contributed by atoms with Crippen LogP contribution in [0.5, 0.6) is 0 Å². The zero-order valence-electron chi connectivity index (χ0n) is 11.7. The minimum absolute atomic E-state index is 0.124. The van der Waals surface area contributed by atoms with Crippen LogP contribution in [-0.4, -0.2) is 32.2 Å². The van der Waals surface area contributed by atoms with E-state index < -0.39 is 0 Å². The molecule has 3 aromatic rings. The first-order valence-corrected chi connectivity index (χ1v) is 6.70. The lowest BCUT2D eigenvalue weighted by molar-refractivity contribution is 0.0955. The summed E-state index contributed by atoms with van der Waals surface area (Å²) < 4.78 is 1.84. The summed E-state index contributed by atoms with van der Waals surface area (Å²) in [6.07, 6.45) is 3.98. The minimum atomic E-state index is -0.124. The number of rotatable bonds is 4. The largest absolute Gasteiger partial charge is 0.352 e. The molecule has 0 spiro atoms. The lowest BCUT2D eigenvalue weighted by Crippen LogP contribution is -2.26. The van der Waals surface area contributed by atoms with E-state index in [0.717, 1.165) is 16.7 Å². The van der Waals surface area contributed by atoms with Gasteiger partial charge in [0.05, 0.1) is 11.1 Å². The number of fused-ring (bicyclic) bond motifs is 1.